The van der Waals surface area contributed by atoms with E-state index in [0.717, 1.165) is 31.9 Å². The molecule has 0 N–H and O–H groups in total. The molecule has 0 amide bonds. The highest BCUT2D eigenvalue weighted by Crippen LogP contribution is 2.31. The molecule has 0 aliphatic carbocycles. The van der Waals surface area contributed by atoms with Gasteiger partial charge in [-0.1, -0.05) is 18.2 Å². The molecule has 1 saturated heterocycles. The molecule has 2 heterocycles. The van der Waals surface area contributed by atoms with Crippen LogP contribution < -0.4 is 9.64 Å². The second-order valence-electron chi connectivity index (χ2n) is 7.46. The summed E-state index contributed by atoms with van der Waals surface area (Å²) in [6.45, 7) is 4.34. The van der Waals surface area contributed by atoms with Gasteiger partial charge in [0.1, 0.15) is 17.1 Å². The van der Waals surface area contributed by atoms with Crippen LogP contribution in [-0.4, -0.2) is 43.1 Å². The number of halogens is 1. The molecule has 0 radical (unpaired) electrons. The largest absolute Gasteiger partial charge is 0.484 e. The van der Waals surface area contributed by atoms with E-state index in [2.05, 4.69) is 52.2 Å². The highest BCUT2D eigenvalue weighted by Gasteiger charge is 2.16. The molecule has 148 valence electrons. The Balaban J connectivity index is 1.39. The minimum Gasteiger partial charge on any atom is -0.484 e. The smallest absolute Gasteiger partial charge is 0.233 e. The van der Waals surface area contributed by atoms with Gasteiger partial charge in [-0.25, -0.2) is 9.37 Å². The van der Waals surface area contributed by atoms with Crippen LogP contribution in [0.3, 0.4) is 0 Å². The van der Waals surface area contributed by atoms with Gasteiger partial charge in [0.05, 0.1) is 0 Å². The van der Waals surface area contributed by atoms with E-state index in [9.17, 15) is 4.39 Å². The minimum absolute atomic E-state index is 0.193. The van der Waals surface area contributed by atoms with Crippen LogP contribution in [0.15, 0.2) is 59.0 Å². The normalized spacial score (nSPS) is 15.3. The van der Waals surface area contributed by atoms with E-state index >= 15 is 0 Å². The van der Waals surface area contributed by atoms with Gasteiger partial charge in [-0.05, 0) is 42.8 Å². The topological polar surface area (TPSA) is 41.7 Å². The summed E-state index contributed by atoms with van der Waals surface area (Å²) in [5.41, 5.74) is 2.29. The van der Waals surface area contributed by atoms with Crippen LogP contribution in [0.2, 0.25) is 0 Å². The Kier molecular flexibility index (Phi) is 4.56. The zero-order chi connectivity index (χ0) is 19.8. The predicted molar refractivity (Wildman–Crippen MR) is 112 cm³/mol. The van der Waals surface area contributed by atoms with E-state index < -0.39 is 0 Å². The summed E-state index contributed by atoms with van der Waals surface area (Å²) in [5, 5.41) is 2.36. The van der Waals surface area contributed by atoms with Gasteiger partial charge < -0.3 is 19.0 Å². The van der Waals surface area contributed by atoms with Gasteiger partial charge in [0, 0.05) is 43.3 Å². The van der Waals surface area contributed by atoms with Crippen molar-refractivity contribution in [2.75, 3.05) is 38.1 Å². The zero-order valence-electron chi connectivity index (χ0n) is 16.3. The van der Waals surface area contributed by atoms with Crippen LogP contribution in [-0.2, 0) is 6.61 Å². The van der Waals surface area contributed by atoms with Crippen molar-refractivity contribution >= 4 is 27.6 Å². The molecule has 0 atom stereocenters. The number of likely N-dealkylation sites (N-methyl/N-ethyl adjacent to an activating group) is 1. The molecule has 5 nitrogen and oxygen atoms in total. The molecule has 4 aromatic rings. The van der Waals surface area contributed by atoms with Gasteiger partial charge in [0.25, 0.3) is 0 Å². The molecule has 0 saturated carbocycles. The first kappa shape index (κ1) is 17.9. The maximum absolute atomic E-state index is 13.3. The Bertz CT molecular complexity index is 1170. The third-order valence-corrected chi connectivity index (χ3v) is 5.43. The fourth-order valence-corrected chi connectivity index (χ4v) is 3.80. The van der Waals surface area contributed by atoms with Crippen LogP contribution >= 0.6 is 0 Å². The van der Waals surface area contributed by atoms with E-state index in [-0.39, 0.29) is 12.4 Å². The number of hydrogen-bond acceptors (Lipinski definition) is 5. The average molecular weight is 391 g/mol. The number of hydrogen-bond donors (Lipinski definition) is 0. The van der Waals surface area contributed by atoms with Gasteiger partial charge >= 0.3 is 0 Å². The van der Waals surface area contributed by atoms with Crippen molar-refractivity contribution in [2.24, 2.45) is 0 Å². The molecule has 29 heavy (non-hydrogen) atoms. The third kappa shape index (κ3) is 3.63. The molecule has 1 aliphatic heterocycles. The second-order valence-corrected chi connectivity index (χ2v) is 7.46. The summed E-state index contributed by atoms with van der Waals surface area (Å²) in [4.78, 5) is 9.14. The molecule has 1 fully saturated rings. The Morgan fingerprint density at radius 2 is 1.90 bits per heavy atom. The van der Waals surface area contributed by atoms with Gasteiger partial charge in [0.2, 0.25) is 5.89 Å². The molecule has 0 bridgehead atoms. The molecule has 1 aromatic heterocycles. The van der Waals surface area contributed by atoms with Gasteiger partial charge in [-0.15, -0.1) is 0 Å². The van der Waals surface area contributed by atoms with E-state index in [4.69, 9.17) is 9.15 Å². The van der Waals surface area contributed by atoms with Crippen LogP contribution in [0.4, 0.5) is 10.1 Å². The number of nitrogens with zero attached hydrogens (tertiary/aromatic N) is 3. The number of aromatic nitrogens is 1. The van der Waals surface area contributed by atoms with Crippen molar-refractivity contribution in [1.82, 2.24) is 9.88 Å². The van der Waals surface area contributed by atoms with Crippen molar-refractivity contribution in [3.05, 3.63) is 66.3 Å². The van der Waals surface area contributed by atoms with Gasteiger partial charge in [-0.3, -0.25) is 0 Å². The minimum atomic E-state index is -0.341. The summed E-state index contributed by atoms with van der Waals surface area (Å²) in [5.74, 6) is 0.845. The lowest BCUT2D eigenvalue weighted by Gasteiger charge is -2.34. The number of anilines is 1. The number of fused-ring (bicyclic) bond motifs is 2. The summed E-state index contributed by atoms with van der Waals surface area (Å²) < 4.78 is 24.9. The fourth-order valence-electron chi connectivity index (χ4n) is 3.80. The number of rotatable bonds is 4. The first-order valence-corrected chi connectivity index (χ1v) is 9.80. The maximum atomic E-state index is 13.3. The van der Waals surface area contributed by atoms with Gasteiger partial charge in [-0.2, -0.15) is 0 Å². The Morgan fingerprint density at radius 3 is 2.76 bits per heavy atom. The summed E-state index contributed by atoms with van der Waals surface area (Å²) in [6.07, 6.45) is 0. The first-order valence-electron chi connectivity index (χ1n) is 9.80. The van der Waals surface area contributed by atoms with Crippen molar-refractivity contribution in [3.63, 3.8) is 0 Å². The summed E-state index contributed by atoms with van der Waals surface area (Å²) >= 11 is 0. The predicted octanol–water partition coefficient (Wildman–Crippen LogP) is 4.45. The lowest BCUT2D eigenvalue weighted by molar-refractivity contribution is 0.267. The second kappa shape index (κ2) is 7.37. The van der Waals surface area contributed by atoms with E-state index in [1.54, 1.807) is 6.07 Å². The number of piperazine rings is 1. The van der Waals surface area contributed by atoms with Crippen LogP contribution in [0.1, 0.15) is 5.89 Å². The molecule has 6 heteroatoms. The van der Waals surface area contributed by atoms with Crippen molar-refractivity contribution in [1.29, 1.82) is 0 Å². The molecule has 0 spiro atoms. The number of oxazole rings is 1. The molecule has 1 aliphatic rings. The van der Waals surface area contributed by atoms with Crippen molar-refractivity contribution in [3.8, 4) is 5.75 Å². The zero-order valence-corrected chi connectivity index (χ0v) is 16.3. The molecular formula is C23H22FN3O2. The van der Waals surface area contributed by atoms with E-state index in [0.29, 0.717) is 17.0 Å². The van der Waals surface area contributed by atoms with Crippen LogP contribution in [0.25, 0.3) is 21.9 Å². The SMILES string of the molecule is CN1CCN(c2cccc3ccc(OCc4nc5ccc(F)cc5o4)cc23)CC1. The quantitative estimate of drug-likeness (QED) is 0.514. The fraction of sp³-hybridized carbons (Fsp3) is 0.261. The van der Waals surface area contributed by atoms with Crippen molar-refractivity contribution in [2.45, 2.75) is 6.61 Å². The highest BCUT2D eigenvalue weighted by atomic mass is 19.1. The van der Waals surface area contributed by atoms with Crippen LogP contribution in [0, 0.1) is 5.82 Å². The Hall–Kier alpha value is -3.12. The summed E-state index contributed by atoms with van der Waals surface area (Å²) in [7, 11) is 2.16. The maximum Gasteiger partial charge on any atom is 0.233 e. The lowest BCUT2D eigenvalue weighted by atomic mass is 10.1. The molecular weight excluding hydrogens is 369 g/mol. The number of benzene rings is 3. The monoisotopic (exact) mass is 391 g/mol. The van der Waals surface area contributed by atoms with E-state index in [1.165, 1.54) is 28.6 Å². The third-order valence-electron chi connectivity index (χ3n) is 5.43. The average Bonchev–Trinajstić information content (AvgIpc) is 3.14. The van der Waals surface area contributed by atoms with Crippen molar-refractivity contribution < 1.29 is 13.5 Å². The lowest BCUT2D eigenvalue weighted by Crippen LogP contribution is -2.44. The van der Waals surface area contributed by atoms with Gasteiger partial charge in [0.15, 0.2) is 12.2 Å². The Morgan fingerprint density at radius 1 is 1.03 bits per heavy atom. The molecule has 5 rings (SSSR count). The molecule has 0 unspecified atom stereocenters. The highest BCUT2D eigenvalue weighted by molar-refractivity contribution is 5.95. The standard InChI is InChI=1S/C23H22FN3O2/c1-26-9-11-27(12-10-26)21-4-2-3-16-5-7-18(14-19(16)21)28-15-23-25-20-8-6-17(24)13-22(20)29-23/h2-8,13-14H,9-12,15H2,1H3. The molecule has 3 aromatic carbocycles. The Labute approximate surface area is 168 Å². The van der Waals surface area contributed by atoms with Crippen LogP contribution in [0.5, 0.6) is 5.75 Å². The number of ether oxygens (including phenoxy) is 1. The summed E-state index contributed by atoms with van der Waals surface area (Å²) in [6, 6.07) is 16.8. The first-order chi connectivity index (χ1) is 14.2. The van der Waals surface area contributed by atoms with E-state index in [1.807, 2.05) is 6.07 Å².